The zero-order valence-corrected chi connectivity index (χ0v) is 19.0. The molecule has 0 spiro atoms. The number of thiazole rings is 1. The lowest BCUT2D eigenvalue weighted by Crippen LogP contribution is -1.99. The summed E-state index contributed by atoms with van der Waals surface area (Å²) in [7, 11) is 0. The van der Waals surface area contributed by atoms with Crippen LogP contribution in [0.2, 0.25) is 10.0 Å². The molecule has 6 heteroatoms. The lowest BCUT2D eigenvalue weighted by atomic mass is 10.1. The summed E-state index contributed by atoms with van der Waals surface area (Å²) in [6.07, 6.45) is 1.61. The third kappa shape index (κ3) is 4.42. The van der Waals surface area contributed by atoms with E-state index in [9.17, 15) is 0 Å². The van der Waals surface area contributed by atoms with Crippen LogP contribution >= 0.6 is 34.5 Å². The number of hydrogen-bond donors (Lipinski definition) is 1. The van der Waals surface area contributed by atoms with E-state index < -0.39 is 0 Å². The molecule has 3 nitrogen and oxygen atoms in total. The number of benzene rings is 3. The molecule has 0 saturated heterocycles. The maximum atomic E-state index is 6.45. The highest BCUT2D eigenvalue weighted by atomic mass is 35.5. The van der Waals surface area contributed by atoms with Crippen molar-refractivity contribution in [3.05, 3.63) is 98.3 Å². The Morgan fingerprint density at radius 3 is 2.58 bits per heavy atom. The Balaban J connectivity index is 1.43. The molecule has 156 valence electrons. The number of aromatic nitrogens is 1. The number of fused-ring (bicyclic) bond motifs is 1. The molecule has 0 unspecified atom stereocenters. The molecule has 0 fully saturated rings. The van der Waals surface area contributed by atoms with Crippen molar-refractivity contribution in [3.8, 4) is 17.0 Å². The largest absolute Gasteiger partial charge is 0.493 e. The van der Waals surface area contributed by atoms with E-state index in [2.05, 4.69) is 35.6 Å². The van der Waals surface area contributed by atoms with Crippen LogP contribution in [0.4, 0.5) is 5.13 Å². The van der Waals surface area contributed by atoms with Crippen molar-refractivity contribution in [1.29, 1.82) is 0 Å². The van der Waals surface area contributed by atoms with Gasteiger partial charge in [-0.3, -0.25) is 0 Å². The van der Waals surface area contributed by atoms with Crippen molar-refractivity contribution in [2.75, 3.05) is 11.9 Å². The molecular weight excluding hydrogens is 447 g/mol. The van der Waals surface area contributed by atoms with Crippen LogP contribution in [0.25, 0.3) is 11.3 Å². The Bertz CT molecular complexity index is 1200. The van der Waals surface area contributed by atoms with E-state index >= 15 is 0 Å². The molecule has 0 amide bonds. The number of nitrogens with one attached hydrogen (secondary N) is 1. The predicted octanol–water partition coefficient (Wildman–Crippen LogP) is 7.25. The Hall–Kier alpha value is -2.53. The highest BCUT2D eigenvalue weighted by Crippen LogP contribution is 2.36. The Morgan fingerprint density at radius 1 is 0.968 bits per heavy atom. The monoisotopic (exact) mass is 466 g/mol. The van der Waals surface area contributed by atoms with Gasteiger partial charge in [0.25, 0.3) is 0 Å². The molecule has 0 bridgehead atoms. The minimum atomic E-state index is 0.637. The number of anilines is 1. The van der Waals surface area contributed by atoms with Crippen LogP contribution in [0.1, 0.15) is 21.6 Å². The molecule has 1 aromatic heterocycles. The van der Waals surface area contributed by atoms with Gasteiger partial charge < -0.3 is 10.1 Å². The van der Waals surface area contributed by atoms with Crippen LogP contribution in [0, 0.1) is 0 Å². The summed E-state index contributed by atoms with van der Waals surface area (Å²) in [5.74, 6) is 1.00. The van der Waals surface area contributed by atoms with Crippen molar-refractivity contribution in [1.82, 2.24) is 4.98 Å². The van der Waals surface area contributed by atoms with Gasteiger partial charge in [0.1, 0.15) is 5.75 Å². The molecule has 4 aromatic rings. The van der Waals surface area contributed by atoms with Crippen molar-refractivity contribution >= 4 is 39.7 Å². The lowest BCUT2D eigenvalue weighted by Gasteiger charge is -2.07. The van der Waals surface area contributed by atoms with Crippen molar-refractivity contribution in [2.45, 2.75) is 19.4 Å². The second-order valence-electron chi connectivity index (χ2n) is 7.43. The van der Waals surface area contributed by atoms with Crippen molar-refractivity contribution in [2.24, 2.45) is 0 Å². The zero-order chi connectivity index (χ0) is 21.2. The smallest absolute Gasteiger partial charge is 0.183 e. The fraction of sp³-hybridized carbons (Fsp3) is 0.160. The molecule has 3 aromatic carbocycles. The summed E-state index contributed by atoms with van der Waals surface area (Å²) in [5, 5.41) is 5.73. The third-order valence-electron chi connectivity index (χ3n) is 5.34. The van der Waals surface area contributed by atoms with Gasteiger partial charge in [-0.15, -0.1) is 11.3 Å². The quantitative estimate of drug-likeness (QED) is 0.324. The van der Waals surface area contributed by atoms with Gasteiger partial charge in [-0.1, -0.05) is 71.7 Å². The first-order chi connectivity index (χ1) is 15.2. The minimum Gasteiger partial charge on any atom is -0.493 e. The SMILES string of the molecule is Clc1cccc(Cl)c1Cc1sc(NCc2ccc3c(c2)CCO3)nc1-c1ccccc1. The van der Waals surface area contributed by atoms with E-state index in [4.69, 9.17) is 32.9 Å². The second-order valence-corrected chi connectivity index (χ2v) is 9.33. The Morgan fingerprint density at radius 2 is 1.77 bits per heavy atom. The molecular formula is C25H20Cl2N2OS. The number of rotatable bonds is 6. The van der Waals surface area contributed by atoms with Gasteiger partial charge in [0.2, 0.25) is 0 Å². The molecule has 2 heterocycles. The summed E-state index contributed by atoms with van der Waals surface area (Å²) in [6.45, 7) is 1.48. The van der Waals surface area contributed by atoms with Gasteiger partial charge in [0, 0.05) is 39.9 Å². The summed E-state index contributed by atoms with van der Waals surface area (Å²) < 4.78 is 5.61. The fourth-order valence-corrected chi connectivity index (χ4v) is 5.28. The number of hydrogen-bond acceptors (Lipinski definition) is 4. The van der Waals surface area contributed by atoms with Crippen LogP contribution in [0.3, 0.4) is 0 Å². The lowest BCUT2D eigenvalue weighted by molar-refractivity contribution is 0.357. The van der Waals surface area contributed by atoms with Crippen LogP contribution in [0.5, 0.6) is 5.75 Å². The molecule has 1 N–H and O–H groups in total. The van der Waals surface area contributed by atoms with Crippen molar-refractivity contribution in [3.63, 3.8) is 0 Å². The molecule has 0 atom stereocenters. The van der Waals surface area contributed by atoms with Crippen molar-refractivity contribution < 1.29 is 4.74 Å². The number of nitrogens with zero attached hydrogens (tertiary/aromatic N) is 1. The van der Waals surface area contributed by atoms with Gasteiger partial charge in [-0.2, -0.15) is 0 Å². The molecule has 0 radical (unpaired) electrons. The van der Waals surface area contributed by atoms with Crippen LogP contribution < -0.4 is 10.1 Å². The molecule has 0 aliphatic carbocycles. The normalized spacial score (nSPS) is 12.5. The first kappa shape index (κ1) is 20.4. The van der Waals surface area contributed by atoms with Crippen LogP contribution in [0.15, 0.2) is 66.7 Å². The summed E-state index contributed by atoms with van der Waals surface area (Å²) in [4.78, 5) is 6.05. The highest BCUT2D eigenvalue weighted by Gasteiger charge is 2.17. The second kappa shape index (κ2) is 8.91. The Labute approximate surface area is 195 Å². The van der Waals surface area contributed by atoms with Crippen LogP contribution in [-0.4, -0.2) is 11.6 Å². The van der Waals surface area contributed by atoms with E-state index in [0.29, 0.717) is 23.0 Å². The molecule has 0 saturated carbocycles. The zero-order valence-electron chi connectivity index (χ0n) is 16.7. The third-order valence-corrected chi connectivity index (χ3v) is 7.06. The van der Waals surface area contributed by atoms with E-state index in [0.717, 1.165) is 45.6 Å². The topological polar surface area (TPSA) is 34.1 Å². The van der Waals surface area contributed by atoms with Crippen LogP contribution in [-0.2, 0) is 19.4 Å². The van der Waals surface area contributed by atoms with E-state index in [1.807, 2.05) is 36.4 Å². The minimum absolute atomic E-state index is 0.637. The number of halogens is 2. The maximum Gasteiger partial charge on any atom is 0.183 e. The van der Waals surface area contributed by atoms with Gasteiger partial charge >= 0.3 is 0 Å². The summed E-state index contributed by atoms with van der Waals surface area (Å²) in [6, 6.07) is 22.2. The first-order valence-electron chi connectivity index (χ1n) is 10.1. The van der Waals surface area contributed by atoms with E-state index in [-0.39, 0.29) is 0 Å². The molecule has 1 aliphatic heterocycles. The Kier molecular flexibility index (Phi) is 5.86. The van der Waals surface area contributed by atoms with Gasteiger partial charge in [-0.05, 0) is 34.9 Å². The van der Waals surface area contributed by atoms with E-state index in [1.54, 1.807) is 11.3 Å². The predicted molar refractivity (Wildman–Crippen MR) is 130 cm³/mol. The average molecular weight is 467 g/mol. The molecule has 5 rings (SSSR count). The van der Waals surface area contributed by atoms with E-state index in [1.165, 1.54) is 11.1 Å². The highest BCUT2D eigenvalue weighted by molar-refractivity contribution is 7.16. The summed E-state index contributed by atoms with van der Waals surface area (Å²) >= 11 is 14.5. The average Bonchev–Trinajstić information content (AvgIpc) is 3.42. The maximum absolute atomic E-state index is 6.45. The molecule has 1 aliphatic rings. The standard InChI is InChI=1S/C25H20Cl2N2OS/c26-20-7-4-8-21(27)19(20)14-23-24(17-5-2-1-3-6-17)29-25(31-23)28-15-16-9-10-22-18(13-16)11-12-30-22/h1-10,13H,11-12,14-15H2,(H,28,29). The summed E-state index contributed by atoms with van der Waals surface area (Å²) in [5.41, 5.74) is 5.47. The number of ether oxygens (including phenoxy) is 1. The van der Waals surface area contributed by atoms with Gasteiger partial charge in [0.15, 0.2) is 5.13 Å². The fourth-order valence-electron chi connectivity index (χ4n) is 3.76. The molecule has 31 heavy (non-hydrogen) atoms. The van der Waals surface area contributed by atoms with Gasteiger partial charge in [-0.25, -0.2) is 4.98 Å². The van der Waals surface area contributed by atoms with Gasteiger partial charge in [0.05, 0.1) is 12.3 Å². The first-order valence-corrected chi connectivity index (χ1v) is 11.7.